The van der Waals surface area contributed by atoms with Crippen molar-refractivity contribution in [3.8, 4) is 0 Å². The second-order valence-corrected chi connectivity index (χ2v) is 1.52. The second kappa shape index (κ2) is 5.74. The van der Waals surface area contributed by atoms with Gasteiger partial charge in [-0.2, -0.15) is 0 Å². The summed E-state index contributed by atoms with van der Waals surface area (Å²) < 4.78 is 0. The summed E-state index contributed by atoms with van der Waals surface area (Å²) in [7, 11) is 0. The topological polar surface area (TPSA) is 0 Å². The zero-order chi connectivity index (χ0) is 5.54. The molecule has 41 valence electrons. The van der Waals surface area contributed by atoms with Gasteiger partial charge in [0.2, 0.25) is 0 Å². The number of allylic oxidation sites excluding steroid dienone is 2. The Labute approximate surface area is 46.2 Å². The summed E-state index contributed by atoms with van der Waals surface area (Å²) >= 11 is 0. The predicted octanol–water partition coefficient (Wildman–Crippen LogP) is 2.57. The highest BCUT2D eigenvalue weighted by Gasteiger charge is 1.68. The molecule has 0 nitrogen and oxygen atoms in total. The average Bonchev–Trinajstić information content (AvgIpc) is 1.69. The van der Waals surface area contributed by atoms with E-state index in [1.807, 2.05) is 0 Å². The lowest BCUT2D eigenvalue weighted by atomic mass is 10.3. The Morgan fingerprint density at radius 1 is 1.29 bits per heavy atom. The van der Waals surface area contributed by atoms with Gasteiger partial charge in [-0.25, -0.2) is 0 Å². The quantitative estimate of drug-likeness (QED) is 0.475. The van der Waals surface area contributed by atoms with Crippen LogP contribution in [0.1, 0.15) is 26.7 Å². The van der Waals surface area contributed by atoms with Crippen molar-refractivity contribution in [2.24, 2.45) is 0 Å². The lowest BCUT2D eigenvalue weighted by Gasteiger charge is -1.79. The highest BCUT2D eigenvalue weighted by Crippen LogP contribution is 1.87. The zero-order valence-electron chi connectivity index (χ0n) is 5.15. The molecule has 0 aromatic carbocycles. The zero-order valence-corrected chi connectivity index (χ0v) is 5.15. The van der Waals surface area contributed by atoms with E-state index in [-0.39, 0.29) is 0 Å². The van der Waals surface area contributed by atoms with Gasteiger partial charge in [0.05, 0.1) is 0 Å². The summed E-state index contributed by atoms with van der Waals surface area (Å²) in [6, 6.07) is 0. The Hall–Kier alpha value is -0.260. The monoisotopic (exact) mass is 97.1 g/mol. The normalized spacial score (nSPS) is 10.6. The van der Waals surface area contributed by atoms with E-state index in [1.165, 1.54) is 0 Å². The van der Waals surface area contributed by atoms with Gasteiger partial charge in [0.15, 0.2) is 0 Å². The van der Waals surface area contributed by atoms with Crippen molar-refractivity contribution in [2.45, 2.75) is 26.7 Å². The maximum atomic E-state index is 2.18. The molecule has 0 amide bonds. The van der Waals surface area contributed by atoms with E-state index >= 15 is 0 Å². The maximum Gasteiger partial charge on any atom is -0.0322 e. The van der Waals surface area contributed by atoms with Gasteiger partial charge in [0, 0.05) is 0 Å². The Bertz CT molecular complexity index is 44.0. The van der Waals surface area contributed by atoms with E-state index < -0.39 is 0 Å². The molecule has 0 heteroatoms. The number of hydrogen-bond acceptors (Lipinski definition) is 0. The summed E-state index contributed by atoms with van der Waals surface area (Å²) in [5, 5.41) is 0. The highest BCUT2D eigenvalue weighted by atomic mass is 13.7. The van der Waals surface area contributed by atoms with Crippen molar-refractivity contribution < 1.29 is 0 Å². The van der Waals surface area contributed by atoms with Gasteiger partial charge in [0.25, 0.3) is 0 Å². The highest BCUT2D eigenvalue weighted by molar-refractivity contribution is 4.83. The fourth-order valence-electron chi connectivity index (χ4n) is 0.399. The van der Waals surface area contributed by atoms with Crippen molar-refractivity contribution in [2.75, 3.05) is 0 Å². The summed E-state index contributed by atoms with van der Waals surface area (Å²) in [4.78, 5) is 0. The molecule has 0 aromatic heterocycles. The number of hydrogen-bond donors (Lipinski definition) is 0. The first-order chi connectivity index (χ1) is 3.41. The van der Waals surface area contributed by atoms with Crippen molar-refractivity contribution in [1.29, 1.82) is 0 Å². The fraction of sp³-hybridized carbons (Fsp3) is 0.571. The van der Waals surface area contributed by atoms with E-state index in [0.717, 1.165) is 12.8 Å². The first-order valence-electron chi connectivity index (χ1n) is 2.84. The third-order valence-corrected chi connectivity index (χ3v) is 0.774. The SMILES string of the molecule is C[CH]C/C=C\CC. The van der Waals surface area contributed by atoms with Crippen LogP contribution < -0.4 is 0 Å². The van der Waals surface area contributed by atoms with Gasteiger partial charge in [-0.3, -0.25) is 0 Å². The van der Waals surface area contributed by atoms with Crippen molar-refractivity contribution in [3.05, 3.63) is 18.6 Å². The van der Waals surface area contributed by atoms with Gasteiger partial charge in [-0.1, -0.05) is 26.0 Å². The van der Waals surface area contributed by atoms with E-state index in [1.54, 1.807) is 0 Å². The second-order valence-electron chi connectivity index (χ2n) is 1.52. The predicted molar refractivity (Wildman–Crippen MR) is 34.0 cm³/mol. The molecule has 1 radical (unpaired) electrons. The molecule has 0 unspecified atom stereocenters. The number of unbranched alkanes of at least 4 members (excludes halogenated alkanes) is 1. The molecule has 0 saturated heterocycles. The summed E-state index contributed by atoms with van der Waals surface area (Å²) in [6.45, 7) is 4.21. The molecule has 0 aliphatic heterocycles. The van der Waals surface area contributed by atoms with Gasteiger partial charge in [0.1, 0.15) is 0 Å². The maximum absolute atomic E-state index is 2.18. The van der Waals surface area contributed by atoms with Crippen molar-refractivity contribution in [3.63, 3.8) is 0 Å². The van der Waals surface area contributed by atoms with Crippen LogP contribution in [-0.2, 0) is 0 Å². The Balaban J connectivity index is 2.78. The minimum absolute atomic E-state index is 1.12. The molecule has 0 aliphatic carbocycles. The molecule has 0 atom stereocenters. The summed E-state index contributed by atoms with van der Waals surface area (Å²) in [6.07, 6.45) is 8.79. The molecule has 0 aromatic rings. The Kier molecular flexibility index (Phi) is 5.53. The van der Waals surface area contributed by atoms with Gasteiger partial charge in [-0.05, 0) is 19.3 Å². The minimum Gasteiger partial charge on any atom is -0.0888 e. The standard InChI is InChI=1S/C7H13/c1-3-5-7-6-4-2/h3,6-7H,4-5H2,1-2H3/b7-6-. The minimum atomic E-state index is 1.12. The first-order valence-corrected chi connectivity index (χ1v) is 2.84. The molecule has 0 fully saturated rings. The average molecular weight is 97.2 g/mol. The molecule has 0 N–H and O–H groups in total. The van der Waals surface area contributed by atoms with Gasteiger partial charge >= 0.3 is 0 Å². The van der Waals surface area contributed by atoms with E-state index in [9.17, 15) is 0 Å². The molecule has 0 heterocycles. The fourth-order valence-corrected chi connectivity index (χ4v) is 0.399. The molecule has 0 aliphatic rings. The molecule has 0 saturated carbocycles. The lowest BCUT2D eigenvalue weighted by molar-refractivity contribution is 1.16. The first kappa shape index (κ1) is 6.74. The third-order valence-electron chi connectivity index (χ3n) is 0.774. The van der Waals surface area contributed by atoms with Crippen LogP contribution in [0, 0.1) is 6.42 Å². The number of rotatable bonds is 3. The lowest BCUT2D eigenvalue weighted by Crippen LogP contribution is -1.60. The third kappa shape index (κ3) is 5.74. The molecular formula is C7H13. The van der Waals surface area contributed by atoms with Gasteiger partial charge < -0.3 is 0 Å². The molecule has 0 bridgehead atoms. The van der Waals surface area contributed by atoms with Crippen LogP contribution in [0.2, 0.25) is 0 Å². The van der Waals surface area contributed by atoms with Crippen molar-refractivity contribution >= 4 is 0 Å². The van der Waals surface area contributed by atoms with Crippen LogP contribution in [0.25, 0.3) is 0 Å². The van der Waals surface area contributed by atoms with Crippen LogP contribution in [-0.4, -0.2) is 0 Å². The van der Waals surface area contributed by atoms with E-state index in [2.05, 4.69) is 32.4 Å². The molecule has 7 heavy (non-hydrogen) atoms. The smallest absolute Gasteiger partial charge is 0.0322 e. The molecule has 0 rings (SSSR count). The Morgan fingerprint density at radius 3 is 2.43 bits per heavy atom. The van der Waals surface area contributed by atoms with Crippen LogP contribution >= 0.6 is 0 Å². The summed E-state index contributed by atoms with van der Waals surface area (Å²) in [5.74, 6) is 0. The van der Waals surface area contributed by atoms with Crippen LogP contribution in [0.4, 0.5) is 0 Å². The Morgan fingerprint density at radius 2 is 2.00 bits per heavy atom. The van der Waals surface area contributed by atoms with Crippen molar-refractivity contribution in [1.82, 2.24) is 0 Å². The van der Waals surface area contributed by atoms with Crippen LogP contribution in [0.15, 0.2) is 12.2 Å². The van der Waals surface area contributed by atoms with Crippen LogP contribution in [0.3, 0.4) is 0 Å². The summed E-state index contributed by atoms with van der Waals surface area (Å²) in [5.41, 5.74) is 0. The van der Waals surface area contributed by atoms with E-state index in [0.29, 0.717) is 0 Å². The van der Waals surface area contributed by atoms with Gasteiger partial charge in [-0.15, -0.1) is 0 Å². The molecule has 0 spiro atoms. The van der Waals surface area contributed by atoms with Crippen LogP contribution in [0.5, 0.6) is 0 Å². The largest absolute Gasteiger partial charge is 0.0888 e. The molecular weight excluding hydrogens is 84.1 g/mol. The van der Waals surface area contributed by atoms with E-state index in [4.69, 9.17) is 0 Å².